The van der Waals surface area contributed by atoms with Crippen molar-refractivity contribution in [2.45, 2.75) is 18.9 Å². The highest BCUT2D eigenvalue weighted by molar-refractivity contribution is 5.82. The minimum atomic E-state index is -2.76. The van der Waals surface area contributed by atoms with E-state index in [0.29, 0.717) is 28.6 Å². The van der Waals surface area contributed by atoms with Crippen molar-refractivity contribution in [3.05, 3.63) is 72.2 Å². The number of nitrogens with one attached hydrogen (secondary N) is 1. The van der Waals surface area contributed by atoms with Gasteiger partial charge in [-0.25, -0.2) is 22.5 Å². The van der Waals surface area contributed by atoms with Crippen molar-refractivity contribution in [2.75, 3.05) is 25.0 Å². The van der Waals surface area contributed by atoms with Gasteiger partial charge in [0.15, 0.2) is 0 Å². The summed E-state index contributed by atoms with van der Waals surface area (Å²) in [7, 11) is 0. The highest BCUT2D eigenvalue weighted by Crippen LogP contribution is 2.34. The molecule has 3 heterocycles. The van der Waals surface area contributed by atoms with Crippen LogP contribution < -0.4 is 5.32 Å². The third kappa shape index (κ3) is 4.54. The van der Waals surface area contributed by atoms with E-state index in [4.69, 9.17) is 0 Å². The summed E-state index contributed by atoms with van der Waals surface area (Å²) in [6, 6.07) is 11.7. The summed E-state index contributed by atoms with van der Waals surface area (Å²) in [6.07, 6.45) is 2.98. The molecule has 176 valence electrons. The standard InChI is InChI=1S/C24H21F4N5O/c25-17-3-1-16(2-4-17)22-23(29-19-7-5-18(26)6-8-19)33-12-11-32(13-20(33)30-22)21(34)14-31-10-9-24(27,28)15-31/h1-8,11-12,29H,9-10,13-15H2. The van der Waals surface area contributed by atoms with Gasteiger partial charge in [0.25, 0.3) is 5.92 Å². The average Bonchev–Trinajstić information content (AvgIpc) is 3.34. The van der Waals surface area contributed by atoms with E-state index < -0.39 is 12.5 Å². The zero-order valence-corrected chi connectivity index (χ0v) is 18.0. The van der Waals surface area contributed by atoms with Crippen LogP contribution in [0.25, 0.3) is 17.5 Å². The SMILES string of the molecule is O=C(CN1CCC(F)(F)C1)N1C=Cn2c(nc(-c3ccc(F)cc3)c2Nc2ccc(F)cc2)C1. The number of anilines is 2. The summed E-state index contributed by atoms with van der Waals surface area (Å²) in [5, 5.41) is 3.23. The van der Waals surface area contributed by atoms with E-state index >= 15 is 0 Å². The quantitative estimate of drug-likeness (QED) is 0.549. The van der Waals surface area contributed by atoms with E-state index in [1.54, 1.807) is 41.2 Å². The lowest BCUT2D eigenvalue weighted by atomic mass is 10.1. The molecule has 5 rings (SSSR count). The molecule has 0 radical (unpaired) electrons. The van der Waals surface area contributed by atoms with Crippen LogP contribution in [-0.4, -0.2) is 50.8 Å². The average molecular weight is 471 g/mol. The van der Waals surface area contributed by atoms with Gasteiger partial charge in [-0.1, -0.05) is 0 Å². The number of rotatable bonds is 5. The fourth-order valence-corrected chi connectivity index (χ4v) is 4.10. The first-order valence-corrected chi connectivity index (χ1v) is 10.7. The second-order valence-electron chi connectivity index (χ2n) is 8.37. The van der Waals surface area contributed by atoms with Gasteiger partial charge in [-0.2, -0.15) is 0 Å². The maximum Gasteiger partial charge on any atom is 0.261 e. The monoisotopic (exact) mass is 471 g/mol. The van der Waals surface area contributed by atoms with E-state index in [1.165, 1.54) is 34.1 Å². The smallest absolute Gasteiger partial charge is 0.261 e. The molecule has 6 nitrogen and oxygen atoms in total. The molecule has 0 saturated carbocycles. The summed E-state index contributed by atoms with van der Waals surface area (Å²) >= 11 is 0. The van der Waals surface area contributed by atoms with Crippen molar-refractivity contribution < 1.29 is 22.4 Å². The predicted molar refractivity (Wildman–Crippen MR) is 119 cm³/mol. The summed E-state index contributed by atoms with van der Waals surface area (Å²) in [5.41, 5.74) is 1.80. The number of aromatic nitrogens is 2. The number of carbonyl (C=O) groups is 1. The molecule has 0 unspecified atom stereocenters. The van der Waals surface area contributed by atoms with Gasteiger partial charge in [0, 0.05) is 36.6 Å². The van der Waals surface area contributed by atoms with Gasteiger partial charge in [0.1, 0.15) is 29.0 Å². The van der Waals surface area contributed by atoms with E-state index in [2.05, 4.69) is 10.3 Å². The van der Waals surface area contributed by atoms with Crippen LogP contribution in [0.2, 0.25) is 0 Å². The second kappa shape index (κ2) is 8.60. The molecule has 0 bridgehead atoms. The Hall–Kier alpha value is -3.66. The minimum absolute atomic E-state index is 0.105. The number of likely N-dealkylation sites (tertiary alicyclic amines) is 1. The van der Waals surface area contributed by atoms with Crippen LogP contribution in [0, 0.1) is 11.6 Å². The summed E-state index contributed by atoms with van der Waals surface area (Å²) in [4.78, 5) is 20.3. The number of alkyl halides is 2. The van der Waals surface area contributed by atoms with Crippen molar-refractivity contribution in [2.24, 2.45) is 0 Å². The lowest BCUT2D eigenvalue weighted by Gasteiger charge is -2.25. The van der Waals surface area contributed by atoms with Gasteiger partial charge in [0.05, 0.1) is 19.6 Å². The van der Waals surface area contributed by atoms with Crippen LogP contribution in [0.15, 0.2) is 54.7 Å². The molecule has 1 amide bonds. The zero-order chi connectivity index (χ0) is 23.9. The Bertz CT molecular complexity index is 1240. The number of amides is 1. The number of fused-ring (bicyclic) bond motifs is 1. The highest BCUT2D eigenvalue weighted by Gasteiger charge is 2.39. The molecular formula is C24H21F4N5O. The normalized spacial score (nSPS) is 17.1. The highest BCUT2D eigenvalue weighted by atomic mass is 19.3. The number of hydrogen-bond acceptors (Lipinski definition) is 4. The first-order valence-electron chi connectivity index (χ1n) is 10.7. The van der Waals surface area contributed by atoms with Crippen LogP contribution in [0.5, 0.6) is 0 Å². The van der Waals surface area contributed by atoms with Gasteiger partial charge in [-0.15, -0.1) is 0 Å². The van der Waals surface area contributed by atoms with Gasteiger partial charge in [0.2, 0.25) is 5.91 Å². The summed E-state index contributed by atoms with van der Waals surface area (Å²) in [5.74, 6) is -2.73. The van der Waals surface area contributed by atoms with Gasteiger partial charge >= 0.3 is 0 Å². The van der Waals surface area contributed by atoms with E-state index in [-0.39, 0.29) is 43.6 Å². The fourth-order valence-electron chi connectivity index (χ4n) is 4.10. The van der Waals surface area contributed by atoms with Crippen molar-refractivity contribution in [3.8, 4) is 11.3 Å². The van der Waals surface area contributed by atoms with Crippen LogP contribution in [0.4, 0.5) is 29.1 Å². The largest absolute Gasteiger partial charge is 0.339 e. The third-order valence-corrected chi connectivity index (χ3v) is 5.84. The second-order valence-corrected chi connectivity index (χ2v) is 8.37. The first-order chi connectivity index (χ1) is 16.3. The first kappa shape index (κ1) is 22.1. The minimum Gasteiger partial charge on any atom is -0.339 e. The molecule has 1 saturated heterocycles. The van der Waals surface area contributed by atoms with Crippen LogP contribution in [0.3, 0.4) is 0 Å². The number of hydrogen-bond donors (Lipinski definition) is 1. The summed E-state index contributed by atoms with van der Waals surface area (Å²) < 4.78 is 55.5. The Labute approximate surface area is 193 Å². The van der Waals surface area contributed by atoms with Gasteiger partial charge in [-0.05, 0) is 48.5 Å². The molecule has 0 aliphatic carbocycles. The van der Waals surface area contributed by atoms with E-state index in [0.717, 1.165) is 0 Å². The molecule has 2 aliphatic rings. The number of nitrogens with zero attached hydrogens (tertiary/aromatic N) is 4. The lowest BCUT2D eigenvalue weighted by molar-refractivity contribution is -0.130. The fraction of sp³-hybridized carbons (Fsp3) is 0.250. The van der Waals surface area contributed by atoms with Gasteiger partial charge in [-0.3, -0.25) is 14.3 Å². The molecule has 0 atom stereocenters. The molecule has 10 heteroatoms. The number of benzene rings is 2. The molecule has 2 aliphatic heterocycles. The van der Waals surface area contributed by atoms with Crippen molar-refractivity contribution >= 4 is 23.6 Å². The Morgan fingerprint density at radius 1 is 1.00 bits per heavy atom. The van der Waals surface area contributed by atoms with E-state index in [9.17, 15) is 22.4 Å². The molecule has 1 fully saturated rings. The van der Waals surface area contributed by atoms with E-state index in [1.807, 2.05) is 0 Å². The Kier molecular flexibility index (Phi) is 5.60. The molecule has 1 aromatic heterocycles. The Morgan fingerprint density at radius 2 is 1.68 bits per heavy atom. The number of imidazole rings is 1. The van der Waals surface area contributed by atoms with Crippen molar-refractivity contribution in [1.29, 1.82) is 0 Å². The zero-order valence-electron chi connectivity index (χ0n) is 18.0. The number of halogens is 4. The number of carbonyl (C=O) groups excluding carboxylic acids is 1. The maximum absolute atomic E-state index is 13.5. The van der Waals surface area contributed by atoms with Crippen molar-refractivity contribution in [3.63, 3.8) is 0 Å². The molecule has 0 spiro atoms. The lowest BCUT2D eigenvalue weighted by Crippen LogP contribution is -2.38. The molecular weight excluding hydrogens is 450 g/mol. The van der Waals surface area contributed by atoms with Gasteiger partial charge < -0.3 is 10.2 Å². The maximum atomic E-state index is 13.5. The molecule has 3 aromatic rings. The predicted octanol–water partition coefficient (Wildman–Crippen LogP) is 4.68. The topological polar surface area (TPSA) is 53.4 Å². The van der Waals surface area contributed by atoms with Crippen LogP contribution in [0.1, 0.15) is 12.2 Å². The molecule has 34 heavy (non-hydrogen) atoms. The summed E-state index contributed by atoms with van der Waals surface area (Å²) in [6.45, 7) is -0.220. The third-order valence-electron chi connectivity index (χ3n) is 5.84. The molecule has 2 aromatic carbocycles. The van der Waals surface area contributed by atoms with Crippen molar-refractivity contribution in [1.82, 2.24) is 19.4 Å². The Balaban J connectivity index is 1.42. The van der Waals surface area contributed by atoms with Crippen LogP contribution in [-0.2, 0) is 11.3 Å². The Morgan fingerprint density at radius 3 is 2.32 bits per heavy atom. The molecule has 1 N–H and O–H groups in total. The van der Waals surface area contributed by atoms with Crippen LogP contribution >= 0.6 is 0 Å².